The first-order chi connectivity index (χ1) is 10.1. The standard InChI is InChI=1S/C15H26N4O2/c1-11(2)8-16-9-12-4-6-19(7-5-12)14-13(21-3)15(20)18-10-17-14/h10-12,16H,4-9H2,1-3H3,(H,17,18,20). The Morgan fingerprint density at radius 1 is 1.48 bits per heavy atom. The minimum atomic E-state index is -0.219. The largest absolute Gasteiger partial charge is 0.489 e. The molecule has 0 bridgehead atoms. The monoisotopic (exact) mass is 294 g/mol. The Morgan fingerprint density at radius 3 is 2.81 bits per heavy atom. The van der Waals surface area contributed by atoms with Crippen molar-refractivity contribution in [1.82, 2.24) is 15.3 Å². The molecule has 0 amide bonds. The van der Waals surface area contributed by atoms with Crippen molar-refractivity contribution < 1.29 is 4.74 Å². The molecule has 0 atom stereocenters. The van der Waals surface area contributed by atoms with E-state index in [2.05, 4.69) is 34.0 Å². The van der Waals surface area contributed by atoms with Gasteiger partial charge >= 0.3 is 0 Å². The Kier molecular flexibility index (Phi) is 5.61. The second-order valence-electron chi connectivity index (χ2n) is 6.07. The molecule has 1 saturated heterocycles. The van der Waals surface area contributed by atoms with E-state index in [1.54, 1.807) is 0 Å². The van der Waals surface area contributed by atoms with Crippen molar-refractivity contribution in [3.8, 4) is 5.75 Å². The van der Waals surface area contributed by atoms with Crippen LogP contribution in [0.15, 0.2) is 11.1 Å². The number of H-pyrrole nitrogens is 1. The van der Waals surface area contributed by atoms with E-state index < -0.39 is 0 Å². The van der Waals surface area contributed by atoms with Crippen LogP contribution in [-0.4, -0.2) is 43.3 Å². The topological polar surface area (TPSA) is 70.2 Å². The number of hydrogen-bond donors (Lipinski definition) is 2. The van der Waals surface area contributed by atoms with Crippen molar-refractivity contribution in [2.45, 2.75) is 26.7 Å². The van der Waals surface area contributed by atoms with Crippen molar-refractivity contribution in [3.05, 3.63) is 16.7 Å². The number of aromatic nitrogens is 2. The highest BCUT2D eigenvalue weighted by atomic mass is 16.5. The van der Waals surface area contributed by atoms with Crippen LogP contribution >= 0.6 is 0 Å². The van der Waals surface area contributed by atoms with Crippen molar-refractivity contribution in [1.29, 1.82) is 0 Å². The van der Waals surface area contributed by atoms with E-state index >= 15 is 0 Å². The Balaban J connectivity index is 1.89. The van der Waals surface area contributed by atoms with Crippen LogP contribution in [0.25, 0.3) is 0 Å². The number of nitrogens with zero attached hydrogens (tertiary/aromatic N) is 2. The summed E-state index contributed by atoms with van der Waals surface area (Å²) in [6.45, 7) is 8.43. The van der Waals surface area contributed by atoms with Crippen LogP contribution in [0.4, 0.5) is 5.82 Å². The second-order valence-corrected chi connectivity index (χ2v) is 6.07. The van der Waals surface area contributed by atoms with E-state index in [4.69, 9.17) is 4.74 Å². The van der Waals surface area contributed by atoms with Gasteiger partial charge in [-0.1, -0.05) is 13.8 Å². The first-order valence-electron chi connectivity index (χ1n) is 7.69. The molecule has 1 aromatic heterocycles. The molecule has 0 radical (unpaired) electrons. The summed E-state index contributed by atoms with van der Waals surface area (Å²) < 4.78 is 5.19. The molecule has 6 nitrogen and oxygen atoms in total. The summed E-state index contributed by atoms with van der Waals surface area (Å²) in [4.78, 5) is 20.7. The molecule has 0 aliphatic carbocycles. The van der Waals surface area contributed by atoms with Gasteiger partial charge in [0.15, 0.2) is 5.82 Å². The Labute approximate surface area is 125 Å². The average Bonchev–Trinajstić information content (AvgIpc) is 2.47. The van der Waals surface area contributed by atoms with Gasteiger partial charge in [-0.15, -0.1) is 0 Å². The number of ether oxygens (including phenoxy) is 1. The fourth-order valence-corrected chi connectivity index (χ4v) is 2.71. The molecule has 2 rings (SSSR count). The van der Waals surface area contributed by atoms with Gasteiger partial charge in [-0.3, -0.25) is 4.79 Å². The van der Waals surface area contributed by atoms with Crippen molar-refractivity contribution in [2.24, 2.45) is 11.8 Å². The van der Waals surface area contributed by atoms with Crippen molar-refractivity contribution in [2.75, 3.05) is 38.2 Å². The predicted octanol–water partition coefficient (Wildman–Crippen LogP) is 1.24. The van der Waals surface area contributed by atoms with Gasteiger partial charge in [-0.25, -0.2) is 4.98 Å². The summed E-state index contributed by atoms with van der Waals surface area (Å²) in [5.41, 5.74) is -0.219. The first kappa shape index (κ1) is 15.8. The third-order valence-corrected chi connectivity index (χ3v) is 3.90. The highest BCUT2D eigenvalue weighted by Gasteiger charge is 2.23. The quantitative estimate of drug-likeness (QED) is 0.826. The number of piperidine rings is 1. The summed E-state index contributed by atoms with van der Waals surface area (Å²) >= 11 is 0. The Hall–Kier alpha value is -1.56. The molecule has 6 heteroatoms. The lowest BCUT2D eigenvalue weighted by atomic mass is 9.96. The van der Waals surface area contributed by atoms with Gasteiger partial charge in [0.25, 0.3) is 5.56 Å². The molecule has 0 spiro atoms. The van der Waals surface area contributed by atoms with Crippen LogP contribution in [0.5, 0.6) is 5.75 Å². The van der Waals surface area contributed by atoms with E-state index in [-0.39, 0.29) is 5.56 Å². The van der Waals surface area contributed by atoms with Crippen LogP contribution in [0.1, 0.15) is 26.7 Å². The summed E-state index contributed by atoms with van der Waals surface area (Å²) in [6.07, 6.45) is 3.67. The van der Waals surface area contributed by atoms with Crippen LogP contribution < -0.4 is 20.5 Å². The molecular formula is C15H26N4O2. The molecule has 2 heterocycles. The number of rotatable bonds is 6. The van der Waals surface area contributed by atoms with E-state index in [0.29, 0.717) is 23.4 Å². The molecule has 1 aromatic rings. The summed E-state index contributed by atoms with van der Waals surface area (Å²) in [6, 6.07) is 0. The lowest BCUT2D eigenvalue weighted by Gasteiger charge is -2.33. The zero-order chi connectivity index (χ0) is 15.2. The summed E-state index contributed by atoms with van der Waals surface area (Å²) in [5.74, 6) is 2.37. The van der Waals surface area contributed by atoms with Crippen LogP contribution in [0, 0.1) is 11.8 Å². The van der Waals surface area contributed by atoms with Crippen molar-refractivity contribution >= 4 is 5.82 Å². The molecule has 1 aliphatic rings. The average molecular weight is 294 g/mol. The molecule has 1 fully saturated rings. The summed E-state index contributed by atoms with van der Waals surface area (Å²) in [7, 11) is 1.51. The molecule has 21 heavy (non-hydrogen) atoms. The molecule has 2 N–H and O–H groups in total. The smallest absolute Gasteiger partial charge is 0.295 e. The third-order valence-electron chi connectivity index (χ3n) is 3.90. The zero-order valence-electron chi connectivity index (χ0n) is 13.2. The lowest BCUT2D eigenvalue weighted by molar-refractivity contribution is 0.366. The normalized spacial score (nSPS) is 16.5. The molecule has 0 saturated carbocycles. The van der Waals surface area contributed by atoms with Gasteiger partial charge in [0.05, 0.1) is 13.4 Å². The van der Waals surface area contributed by atoms with Gasteiger partial charge in [0.1, 0.15) is 0 Å². The van der Waals surface area contributed by atoms with Crippen LogP contribution in [-0.2, 0) is 0 Å². The lowest BCUT2D eigenvalue weighted by Crippen LogP contribution is -2.39. The molecule has 0 unspecified atom stereocenters. The SMILES string of the molecule is COc1c(N2CCC(CNCC(C)C)CC2)nc[nH]c1=O. The molecule has 0 aromatic carbocycles. The minimum Gasteiger partial charge on any atom is -0.489 e. The number of aromatic amines is 1. The minimum absolute atomic E-state index is 0.219. The fourth-order valence-electron chi connectivity index (χ4n) is 2.71. The predicted molar refractivity (Wildman–Crippen MR) is 84.1 cm³/mol. The fraction of sp³-hybridized carbons (Fsp3) is 0.733. The molecule has 118 valence electrons. The Morgan fingerprint density at radius 2 is 2.19 bits per heavy atom. The molecular weight excluding hydrogens is 268 g/mol. The number of nitrogens with one attached hydrogen (secondary N) is 2. The maximum absolute atomic E-state index is 11.7. The number of anilines is 1. The first-order valence-corrected chi connectivity index (χ1v) is 7.69. The van der Waals surface area contributed by atoms with Crippen LogP contribution in [0.3, 0.4) is 0 Å². The number of methoxy groups -OCH3 is 1. The van der Waals surface area contributed by atoms with Gasteiger partial charge < -0.3 is 19.9 Å². The van der Waals surface area contributed by atoms with E-state index in [0.717, 1.165) is 39.0 Å². The highest BCUT2D eigenvalue weighted by Crippen LogP contribution is 2.26. The van der Waals surface area contributed by atoms with E-state index in [1.165, 1.54) is 13.4 Å². The van der Waals surface area contributed by atoms with E-state index in [1.807, 2.05) is 0 Å². The maximum Gasteiger partial charge on any atom is 0.295 e. The van der Waals surface area contributed by atoms with Gasteiger partial charge in [-0.05, 0) is 37.8 Å². The zero-order valence-corrected chi connectivity index (χ0v) is 13.2. The van der Waals surface area contributed by atoms with Gasteiger partial charge in [-0.2, -0.15) is 0 Å². The van der Waals surface area contributed by atoms with Gasteiger partial charge in [0, 0.05) is 13.1 Å². The molecule has 1 aliphatic heterocycles. The van der Waals surface area contributed by atoms with Crippen molar-refractivity contribution in [3.63, 3.8) is 0 Å². The second kappa shape index (κ2) is 7.45. The maximum atomic E-state index is 11.7. The number of hydrogen-bond acceptors (Lipinski definition) is 5. The highest BCUT2D eigenvalue weighted by molar-refractivity contribution is 5.50. The van der Waals surface area contributed by atoms with E-state index in [9.17, 15) is 4.79 Å². The summed E-state index contributed by atoms with van der Waals surface area (Å²) in [5, 5.41) is 3.53. The van der Waals surface area contributed by atoms with Crippen LogP contribution in [0.2, 0.25) is 0 Å². The third kappa shape index (κ3) is 4.20. The Bertz CT molecular complexity index is 493. The van der Waals surface area contributed by atoms with Gasteiger partial charge in [0.2, 0.25) is 5.75 Å².